The van der Waals surface area contributed by atoms with Gasteiger partial charge in [-0.1, -0.05) is 18.2 Å². The van der Waals surface area contributed by atoms with Crippen molar-refractivity contribution >= 4 is 11.6 Å². The van der Waals surface area contributed by atoms with Crippen molar-refractivity contribution < 1.29 is 0 Å². The molecule has 4 nitrogen and oxygen atoms in total. The van der Waals surface area contributed by atoms with Gasteiger partial charge in [-0.05, 0) is 43.2 Å². The number of anilines is 1. The van der Waals surface area contributed by atoms with Crippen LogP contribution in [0.3, 0.4) is 0 Å². The largest absolute Gasteiger partial charge is 0.369 e. The predicted molar refractivity (Wildman–Crippen MR) is 81.7 cm³/mol. The van der Waals surface area contributed by atoms with E-state index >= 15 is 0 Å². The number of hydrogen-bond acceptors (Lipinski definition) is 4. The first kappa shape index (κ1) is 12.7. The second-order valence-electron chi connectivity index (χ2n) is 5.36. The third-order valence-corrected chi connectivity index (χ3v) is 3.81. The van der Waals surface area contributed by atoms with Crippen molar-refractivity contribution in [1.82, 2.24) is 4.98 Å². The van der Waals surface area contributed by atoms with Gasteiger partial charge in [-0.15, -0.1) is 0 Å². The third-order valence-electron chi connectivity index (χ3n) is 3.81. The van der Waals surface area contributed by atoms with E-state index in [0.29, 0.717) is 12.5 Å². The van der Waals surface area contributed by atoms with Crippen LogP contribution in [-0.4, -0.2) is 17.5 Å². The van der Waals surface area contributed by atoms with Gasteiger partial charge in [0.15, 0.2) is 5.96 Å². The highest BCUT2D eigenvalue weighted by Crippen LogP contribution is 2.36. The van der Waals surface area contributed by atoms with Crippen molar-refractivity contribution in [1.29, 1.82) is 0 Å². The number of guanidine groups is 1. The van der Waals surface area contributed by atoms with E-state index in [0.717, 1.165) is 11.3 Å². The van der Waals surface area contributed by atoms with Gasteiger partial charge in [0.05, 0.1) is 12.1 Å². The number of pyridine rings is 1. The molecular weight excluding hydrogens is 248 g/mol. The number of nitrogens with zero attached hydrogens (tertiary/aromatic N) is 3. The van der Waals surface area contributed by atoms with Crippen molar-refractivity contribution in [3.8, 4) is 0 Å². The molecule has 0 fully saturated rings. The SMILES string of the molecule is Cc1cccc(N2C(N)=NCC2(C)c2cccnc2)c1. The number of benzene rings is 1. The lowest BCUT2D eigenvalue weighted by Crippen LogP contribution is -2.47. The van der Waals surface area contributed by atoms with E-state index in [4.69, 9.17) is 5.73 Å². The molecule has 3 rings (SSSR count). The molecule has 1 aliphatic rings. The molecule has 0 spiro atoms. The Balaban J connectivity index is 2.09. The molecule has 1 aromatic heterocycles. The van der Waals surface area contributed by atoms with E-state index in [1.54, 1.807) is 6.20 Å². The summed E-state index contributed by atoms with van der Waals surface area (Å²) in [6.07, 6.45) is 3.67. The highest BCUT2D eigenvalue weighted by atomic mass is 15.4. The van der Waals surface area contributed by atoms with E-state index < -0.39 is 0 Å². The Morgan fingerprint density at radius 3 is 2.80 bits per heavy atom. The topological polar surface area (TPSA) is 54.5 Å². The molecule has 1 aromatic carbocycles. The molecule has 2 aromatic rings. The zero-order valence-corrected chi connectivity index (χ0v) is 11.7. The summed E-state index contributed by atoms with van der Waals surface area (Å²) < 4.78 is 0. The van der Waals surface area contributed by atoms with Crippen LogP contribution in [0.1, 0.15) is 18.1 Å². The Kier molecular flexibility index (Phi) is 2.93. The number of aliphatic imine (C=N–C) groups is 1. The smallest absolute Gasteiger partial charge is 0.196 e. The average molecular weight is 266 g/mol. The highest BCUT2D eigenvalue weighted by Gasteiger charge is 2.40. The van der Waals surface area contributed by atoms with Gasteiger partial charge in [0.1, 0.15) is 0 Å². The molecular formula is C16H18N4. The number of aromatic nitrogens is 1. The van der Waals surface area contributed by atoms with E-state index in [2.05, 4.69) is 53.0 Å². The van der Waals surface area contributed by atoms with Gasteiger partial charge in [0.25, 0.3) is 0 Å². The first-order chi connectivity index (χ1) is 9.61. The molecule has 0 aliphatic carbocycles. The molecule has 20 heavy (non-hydrogen) atoms. The van der Waals surface area contributed by atoms with Crippen LogP contribution in [0.25, 0.3) is 0 Å². The molecule has 0 saturated carbocycles. The van der Waals surface area contributed by atoms with Crippen LogP contribution < -0.4 is 10.6 Å². The number of hydrogen-bond donors (Lipinski definition) is 1. The Morgan fingerprint density at radius 2 is 2.10 bits per heavy atom. The number of rotatable bonds is 2. The number of nitrogens with two attached hydrogens (primary N) is 1. The Hall–Kier alpha value is -2.36. The lowest BCUT2D eigenvalue weighted by Gasteiger charge is -2.36. The lowest BCUT2D eigenvalue weighted by atomic mass is 9.92. The normalized spacial score (nSPS) is 21.9. The van der Waals surface area contributed by atoms with Crippen LogP contribution in [-0.2, 0) is 5.54 Å². The van der Waals surface area contributed by atoms with Gasteiger partial charge in [0, 0.05) is 18.1 Å². The second-order valence-corrected chi connectivity index (χ2v) is 5.36. The van der Waals surface area contributed by atoms with Crippen LogP contribution in [0.2, 0.25) is 0 Å². The van der Waals surface area contributed by atoms with Gasteiger partial charge >= 0.3 is 0 Å². The van der Waals surface area contributed by atoms with Gasteiger partial charge in [-0.2, -0.15) is 0 Å². The molecule has 1 atom stereocenters. The van der Waals surface area contributed by atoms with Gasteiger partial charge in [-0.3, -0.25) is 9.98 Å². The van der Waals surface area contributed by atoms with Crippen LogP contribution in [0.15, 0.2) is 53.8 Å². The van der Waals surface area contributed by atoms with Crippen molar-refractivity contribution in [3.63, 3.8) is 0 Å². The molecule has 1 aliphatic heterocycles. The minimum absolute atomic E-state index is 0.286. The maximum atomic E-state index is 6.13. The minimum atomic E-state index is -0.286. The molecule has 102 valence electrons. The summed E-state index contributed by atoms with van der Waals surface area (Å²) in [6.45, 7) is 4.86. The standard InChI is InChI=1S/C16H18N4/c1-12-5-3-7-14(9-12)20-15(17)19-11-16(20,2)13-6-4-8-18-10-13/h3-10H,11H2,1-2H3,(H2,17,19). The summed E-state index contributed by atoms with van der Waals surface area (Å²) in [5.74, 6) is 0.557. The molecule has 1 unspecified atom stereocenters. The molecule has 2 heterocycles. The summed E-state index contributed by atoms with van der Waals surface area (Å²) in [7, 11) is 0. The molecule has 0 saturated heterocycles. The van der Waals surface area contributed by atoms with Crippen molar-refractivity contribution in [2.75, 3.05) is 11.4 Å². The fraction of sp³-hybridized carbons (Fsp3) is 0.250. The van der Waals surface area contributed by atoms with Crippen molar-refractivity contribution in [2.45, 2.75) is 19.4 Å². The minimum Gasteiger partial charge on any atom is -0.369 e. The second kappa shape index (κ2) is 4.63. The van der Waals surface area contributed by atoms with E-state index in [1.807, 2.05) is 18.3 Å². The number of aryl methyl sites for hydroxylation is 1. The fourth-order valence-corrected chi connectivity index (χ4v) is 2.72. The van der Waals surface area contributed by atoms with Crippen LogP contribution in [0.5, 0.6) is 0 Å². The fourth-order valence-electron chi connectivity index (χ4n) is 2.72. The third kappa shape index (κ3) is 1.93. The predicted octanol–water partition coefficient (Wildman–Crippen LogP) is 2.44. The lowest BCUT2D eigenvalue weighted by molar-refractivity contribution is 0.530. The summed E-state index contributed by atoms with van der Waals surface area (Å²) in [4.78, 5) is 10.8. The quantitative estimate of drug-likeness (QED) is 0.908. The Morgan fingerprint density at radius 1 is 1.25 bits per heavy atom. The highest BCUT2D eigenvalue weighted by molar-refractivity contribution is 5.98. The first-order valence-corrected chi connectivity index (χ1v) is 6.68. The van der Waals surface area contributed by atoms with Gasteiger partial charge in [0.2, 0.25) is 0 Å². The molecule has 0 bridgehead atoms. The maximum Gasteiger partial charge on any atom is 0.196 e. The van der Waals surface area contributed by atoms with E-state index in [9.17, 15) is 0 Å². The van der Waals surface area contributed by atoms with Crippen molar-refractivity contribution in [3.05, 3.63) is 59.9 Å². The maximum absolute atomic E-state index is 6.13. The molecule has 0 amide bonds. The van der Waals surface area contributed by atoms with E-state index in [1.165, 1.54) is 5.56 Å². The molecule has 2 N–H and O–H groups in total. The van der Waals surface area contributed by atoms with Gasteiger partial charge in [-0.25, -0.2) is 0 Å². The van der Waals surface area contributed by atoms with Crippen LogP contribution in [0.4, 0.5) is 5.69 Å². The summed E-state index contributed by atoms with van der Waals surface area (Å²) >= 11 is 0. The van der Waals surface area contributed by atoms with Crippen molar-refractivity contribution in [2.24, 2.45) is 10.7 Å². The molecule has 0 radical (unpaired) electrons. The zero-order chi connectivity index (χ0) is 14.2. The van der Waals surface area contributed by atoms with Gasteiger partial charge < -0.3 is 10.6 Å². The average Bonchev–Trinajstić information content (AvgIpc) is 2.77. The summed E-state index contributed by atoms with van der Waals surface area (Å²) in [5.41, 5.74) is 9.23. The first-order valence-electron chi connectivity index (χ1n) is 6.68. The summed E-state index contributed by atoms with van der Waals surface area (Å²) in [5, 5.41) is 0. The molecule has 4 heteroatoms. The Bertz CT molecular complexity index is 651. The van der Waals surface area contributed by atoms with Crippen LogP contribution >= 0.6 is 0 Å². The van der Waals surface area contributed by atoms with E-state index in [-0.39, 0.29) is 5.54 Å². The van der Waals surface area contributed by atoms with Crippen LogP contribution in [0, 0.1) is 6.92 Å². The Labute approximate surface area is 119 Å². The summed E-state index contributed by atoms with van der Waals surface area (Å²) in [6, 6.07) is 12.3. The monoisotopic (exact) mass is 266 g/mol. The zero-order valence-electron chi connectivity index (χ0n) is 11.7.